The minimum absolute atomic E-state index is 0.0498. The monoisotopic (exact) mass is 382 g/mol. The zero-order chi connectivity index (χ0) is 19.6. The number of carbonyl (C=O) groups is 1. The maximum absolute atomic E-state index is 12.8. The second-order valence-electron chi connectivity index (χ2n) is 5.14. The van der Waals surface area contributed by atoms with Crippen molar-refractivity contribution >= 4 is 34.1 Å². The highest BCUT2D eigenvalue weighted by Gasteiger charge is 2.24. The van der Waals surface area contributed by atoms with E-state index in [0.717, 1.165) is 0 Å². The number of rotatable bonds is 6. The molecular formula is C15H9F3N4O5. The van der Waals surface area contributed by atoms with E-state index in [1.807, 2.05) is 0 Å². The van der Waals surface area contributed by atoms with Crippen LogP contribution in [0.1, 0.15) is 10.4 Å². The standard InChI is InChI=1S/C15H9F3N4O5/c16-13(17)14(18)26-15(23)7-1-3-8(4-2-7)19-9-5-6-10(22(24)25)12-11(9)20-27-21-12/h1-6,13-14,19H. The lowest BCUT2D eigenvalue weighted by Gasteiger charge is -2.10. The van der Waals surface area contributed by atoms with E-state index < -0.39 is 23.7 Å². The van der Waals surface area contributed by atoms with Crippen molar-refractivity contribution < 1.29 is 32.3 Å². The predicted octanol–water partition coefficient (Wildman–Crippen LogP) is 3.59. The Morgan fingerprint density at radius 2 is 1.78 bits per heavy atom. The lowest BCUT2D eigenvalue weighted by Crippen LogP contribution is -2.20. The SMILES string of the molecule is O=C(OC(F)C(F)F)c1ccc(Nc2ccc([N+](=O)[O-])c3nonc23)cc1. The van der Waals surface area contributed by atoms with E-state index in [0.29, 0.717) is 11.4 Å². The highest BCUT2D eigenvalue weighted by atomic mass is 19.3. The number of hydrogen-bond acceptors (Lipinski definition) is 8. The molecule has 0 radical (unpaired) electrons. The summed E-state index contributed by atoms with van der Waals surface area (Å²) in [5.41, 5.74) is 0.413. The molecule has 0 bridgehead atoms. The molecule has 9 nitrogen and oxygen atoms in total. The number of halogens is 3. The van der Waals surface area contributed by atoms with E-state index in [1.54, 1.807) is 0 Å². The molecule has 27 heavy (non-hydrogen) atoms. The third kappa shape index (κ3) is 3.78. The fourth-order valence-electron chi connectivity index (χ4n) is 2.17. The molecule has 0 aliphatic carbocycles. The lowest BCUT2D eigenvalue weighted by atomic mass is 10.2. The number of non-ortho nitro benzene ring substituents is 1. The average molecular weight is 382 g/mol. The lowest BCUT2D eigenvalue weighted by molar-refractivity contribution is -0.383. The second-order valence-corrected chi connectivity index (χ2v) is 5.14. The summed E-state index contributed by atoms with van der Waals surface area (Å²) in [5.74, 6) is -1.24. The summed E-state index contributed by atoms with van der Waals surface area (Å²) in [7, 11) is 0. The first-order valence-electron chi connectivity index (χ1n) is 7.27. The summed E-state index contributed by atoms with van der Waals surface area (Å²) in [6.45, 7) is 0. The minimum Gasteiger partial charge on any atom is -0.421 e. The first kappa shape index (κ1) is 18.1. The molecule has 12 heteroatoms. The maximum Gasteiger partial charge on any atom is 0.340 e. The quantitative estimate of drug-likeness (QED) is 0.390. The Labute approximate surface area is 147 Å². The van der Waals surface area contributed by atoms with Gasteiger partial charge in [0.15, 0.2) is 5.52 Å². The summed E-state index contributed by atoms with van der Waals surface area (Å²) in [6.07, 6.45) is -6.45. The van der Waals surface area contributed by atoms with Gasteiger partial charge in [-0.2, -0.15) is 4.39 Å². The van der Waals surface area contributed by atoms with Crippen LogP contribution in [0.25, 0.3) is 11.0 Å². The number of aromatic nitrogens is 2. The van der Waals surface area contributed by atoms with Crippen LogP contribution in [0.5, 0.6) is 0 Å². The van der Waals surface area contributed by atoms with Crippen molar-refractivity contribution in [2.75, 3.05) is 5.32 Å². The molecule has 1 N–H and O–H groups in total. The van der Waals surface area contributed by atoms with Crippen LogP contribution in [0.4, 0.5) is 30.2 Å². The molecule has 2 aromatic carbocycles. The van der Waals surface area contributed by atoms with Gasteiger partial charge >= 0.3 is 24.4 Å². The molecule has 0 spiro atoms. The molecule has 0 aliphatic heterocycles. The van der Waals surface area contributed by atoms with Gasteiger partial charge in [-0.3, -0.25) is 10.1 Å². The first-order chi connectivity index (χ1) is 12.9. The minimum atomic E-state index is -3.43. The number of alkyl halides is 3. The average Bonchev–Trinajstić information content (AvgIpc) is 3.12. The smallest absolute Gasteiger partial charge is 0.340 e. The maximum atomic E-state index is 12.8. The molecule has 0 amide bonds. The second kappa shape index (κ2) is 7.27. The first-order valence-corrected chi connectivity index (χ1v) is 7.27. The van der Waals surface area contributed by atoms with Gasteiger partial charge in [0, 0.05) is 11.8 Å². The van der Waals surface area contributed by atoms with Gasteiger partial charge in [-0.15, -0.1) is 0 Å². The highest BCUT2D eigenvalue weighted by Crippen LogP contribution is 2.30. The number of anilines is 2. The van der Waals surface area contributed by atoms with Crippen molar-refractivity contribution in [1.82, 2.24) is 10.3 Å². The number of esters is 1. The Morgan fingerprint density at radius 1 is 1.11 bits per heavy atom. The normalized spacial score (nSPS) is 12.1. The van der Waals surface area contributed by atoms with E-state index in [9.17, 15) is 28.1 Å². The van der Waals surface area contributed by atoms with Crippen molar-refractivity contribution in [2.45, 2.75) is 12.8 Å². The fraction of sp³-hybridized carbons (Fsp3) is 0.133. The summed E-state index contributed by atoms with van der Waals surface area (Å²) in [4.78, 5) is 21.9. The number of carbonyl (C=O) groups excluding carboxylic acids is 1. The number of ether oxygens (including phenoxy) is 1. The van der Waals surface area contributed by atoms with E-state index >= 15 is 0 Å². The van der Waals surface area contributed by atoms with Crippen molar-refractivity contribution in [1.29, 1.82) is 0 Å². The van der Waals surface area contributed by atoms with Crippen LogP contribution in [0, 0.1) is 10.1 Å². The Balaban J connectivity index is 1.79. The third-order valence-electron chi connectivity index (χ3n) is 3.41. The molecule has 1 atom stereocenters. The van der Waals surface area contributed by atoms with Gasteiger partial charge in [0.05, 0.1) is 16.2 Å². The summed E-state index contributed by atoms with van der Waals surface area (Å²) >= 11 is 0. The number of fused-ring (bicyclic) bond motifs is 1. The summed E-state index contributed by atoms with van der Waals surface area (Å²) in [6, 6.07) is 7.86. The molecule has 0 fully saturated rings. The zero-order valence-corrected chi connectivity index (χ0v) is 13.1. The number of hydrogen-bond donors (Lipinski definition) is 1. The fourth-order valence-corrected chi connectivity index (χ4v) is 2.17. The van der Waals surface area contributed by atoms with Crippen LogP contribution in [0.15, 0.2) is 41.0 Å². The Hall–Kier alpha value is -3.70. The van der Waals surface area contributed by atoms with Gasteiger partial charge in [-0.05, 0) is 40.6 Å². The molecular weight excluding hydrogens is 373 g/mol. The molecule has 0 aliphatic rings. The number of nitrogens with zero attached hydrogens (tertiary/aromatic N) is 3. The molecule has 1 heterocycles. The van der Waals surface area contributed by atoms with E-state index in [4.69, 9.17) is 0 Å². The van der Waals surface area contributed by atoms with Gasteiger partial charge in [0.2, 0.25) is 5.52 Å². The van der Waals surface area contributed by atoms with Gasteiger partial charge in [0.25, 0.3) is 0 Å². The third-order valence-corrected chi connectivity index (χ3v) is 3.41. The van der Waals surface area contributed by atoms with Crippen LogP contribution >= 0.6 is 0 Å². The molecule has 0 saturated heterocycles. The van der Waals surface area contributed by atoms with Gasteiger partial charge in [-0.25, -0.2) is 18.2 Å². The van der Waals surface area contributed by atoms with Crippen molar-refractivity contribution in [3.05, 3.63) is 52.1 Å². The van der Waals surface area contributed by atoms with E-state index in [2.05, 4.69) is 25.0 Å². The summed E-state index contributed by atoms with van der Waals surface area (Å²) in [5, 5.41) is 21.0. The topological polar surface area (TPSA) is 120 Å². The van der Waals surface area contributed by atoms with Gasteiger partial charge in [0.1, 0.15) is 0 Å². The number of nitro groups is 1. The van der Waals surface area contributed by atoms with E-state index in [-0.39, 0.29) is 22.3 Å². The van der Waals surface area contributed by atoms with Crippen molar-refractivity contribution in [3.8, 4) is 0 Å². The molecule has 3 rings (SSSR count). The Morgan fingerprint density at radius 3 is 2.41 bits per heavy atom. The van der Waals surface area contributed by atoms with Crippen molar-refractivity contribution in [2.24, 2.45) is 0 Å². The molecule has 140 valence electrons. The van der Waals surface area contributed by atoms with Crippen LogP contribution in [0.3, 0.4) is 0 Å². The number of nitro benzene ring substituents is 1. The number of nitrogens with one attached hydrogen (secondary N) is 1. The van der Waals surface area contributed by atoms with Crippen LogP contribution in [-0.2, 0) is 4.74 Å². The highest BCUT2D eigenvalue weighted by molar-refractivity contribution is 5.95. The van der Waals surface area contributed by atoms with E-state index in [1.165, 1.54) is 36.4 Å². The van der Waals surface area contributed by atoms with Gasteiger partial charge in [-0.1, -0.05) is 0 Å². The predicted molar refractivity (Wildman–Crippen MR) is 84.5 cm³/mol. The Bertz CT molecular complexity index is 993. The molecule has 3 aromatic rings. The molecule has 0 saturated carbocycles. The number of benzene rings is 2. The summed E-state index contributed by atoms with van der Waals surface area (Å²) < 4.78 is 45.4. The largest absolute Gasteiger partial charge is 0.421 e. The zero-order valence-electron chi connectivity index (χ0n) is 13.1. The van der Waals surface area contributed by atoms with Crippen LogP contribution in [-0.4, -0.2) is 34.0 Å². The molecule has 1 aromatic heterocycles. The van der Waals surface area contributed by atoms with Gasteiger partial charge < -0.3 is 10.1 Å². The van der Waals surface area contributed by atoms with Crippen molar-refractivity contribution in [3.63, 3.8) is 0 Å². The van der Waals surface area contributed by atoms with Crippen LogP contribution in [0.2, 0.25) is 0 Å². The Kier molecular flexibility index (Phi) is 4.88. The van der Waals surface area contributed by atoms with Crippen LogP contribution < -0.4 is 5.32 Å². The molecule has 1 unspecified atom stereocenters.